The van der Waals surface area contributed by atoms with Gasteiger partial charge in [-0.15, -0.1) is 0 Å². The van der Waals surface area contributed by atoms with E-state index in [1.807, 2.05) is 31.2 Å². The molecule has 2 aromatic rings. The van der Waals surface area contributed by atoms with Crippen molar-refractivity contribution in [1.29, 1.82) is 0 Å². The lowest BCUT2D eigenvalue weighted by molar-refractivity contribution is 0.414. The summed E-state index contributed by atoms with van der Waals surface area (Å²) in [7, 11) is 1.68. The van der Waals surface area contributed by atoms with Crippen molar-refractivity contribution in [3.63, 3.8) is 0 Å². The molecule has 4 heteroatoms. The minimum Gasteiger partial charge on any atom is -0.497 e. The third-order valence-electron chi connectivity index (χ3n) is 3.10. The van der Waals surface area contributed by atoms with Gasteiger partial charge in [0.15, 0.2) is 0 Å². The number of methoxy groups -OCH3 is 1. The highest BCUT2D eigenvalue weighted by Gasteiger charge is 2.08. The highest BCUT2D eigenvalue weighted by Crippen LogP contribution is 2.26. The van der Waals surface area contributed by atoms with E-state index in [9.17, 15) is 0 Å². The molecule has 0 aliphatic rings. The molecule has 20 heavy (non-hydrogen) atoms. The number of rotatable bonds is 5. The Labute approximate surface area is 120 Å². The summed E-state index contributed by atoms with van der Waals surface area (Å²) in [4.78, 5) is 9.01. The molecule has 2 rings (SSSR count). The Morgan fingerprint density at radius 3 is 2.60 bits per heavy atom. The summed E-state index contributed by atoms with van der Waals surface area (Å²) >= 11 is 0. The Bertz CT molecular complexity index is 596. The van der Waals surface area contributed by atoms with E-state index in [1.54, 1.807) is 7.11 Å². The zero-order chi connectivity index (χ0) is 14.5. The van der Waals surface area contributed by atoms with Crippen LogP contribution in [0.2, 0.25) is 0 Å². The van der Waals surface area contributed by atoms with Crippen molar-refractivity contribution in [1.82, 2.24) is 9.97 Å². The highest BCUT2D eigenvalue weighted by molar-refractivity contribution is 5.66. The summed E-state index contributed by atoms with van der Waals surface area (Å²) in [5.41, 5.74) is 4.15. The number of aryl methyl sites for hydroxylation is 2. The quantitative estimate of drug-likeness (QED) is 0.902. The Morgan fingerprint density at radius 2 is 1.95 bits per heavy atom. The molecule has 0 saturated heterocycles. The third-order valence-corrected chi connectivity index (χ3v) is 3.10. The molecule has 0 unspecified atom stereocenters. The maximum atomic E-state index is 5.24. The molecule has 0 radical (unpaired) electrons. The van der Waals surface area contributed by atoms with E-state index in [0.717, 1.165) is 41.2 Å². The van der Waals surface area contributed by atoms with E-state index < -0.39 is 0 Å². The molecule has 1 N–H and O–H groups in total. The van der Waals surface area contributed by atoms with Crippen molar-refractivity contribution in [3.05, 3.63) is 35.5 Å². The number of ether oxygens (including phenoxy) is 1. The maximum absolute atomic E-state index is 5.24. The molecule has 0 fully saturated rings. The normalized spacial score (nSPS) is 10.4. The van der Waals surface area contributed by atoms with E-state index >= 15 is 0 Å². The number of nitrogens with zero attached hydrogens (tertiary/aromatic N) is 2. The van der Waals surface area contributed by atoms with Gasteiger partial charge in [-0.25, -0.2) is 9.97 Å². The van der Waals surface area contributed by atoms with Crippen molar-refractivity contribution < 1.29 is 4.74 Å². The largest absolute Gasteiger partial charge is 0.497 e. The van der Waals surface area contributed by atoms with Gasteiger partial charge in [-0.3, -0.25) is 0 Å². The lowest BCUT2D eigenvalue weighted by atomic mass is 10.0. The van der Waals surface area contributed by atoms with Crippen LogP contribution in [0.15, 0.2) is 24.3 Å². The van der Waals surface area contributed by atoms with Gasteiger partial charge in [0.1, 0.15) is 5.75 Å². The second-order valence-corrected chi connectivity index (χ2v) is 4.83. The van der Waals surface area contributed by atoms with Crippen LogP contribution in [0.3, 0.4) is 0 Å². The number of anilines is 1. The Morgan fingerprint density at radius 1 is 1.15 bits per heavy atom. The van der Waals surface area contributed by atoms with Crippen LogP contribution in [0.25, 0.3) is 11.3 Å². The first-order chi connectivity index (χ1) is 9.63. The van der Waals surface area contributed by atoms with Gasteiger partial charge in [-0.1, -0.05) is 6.92 Å². The predicted molar refractivity (Wildman–Crippen MR) is 82.3 cm³/mol. The molecule has 0 bridgehead atoms. The van der Waals surface area contributed by atoms with E-state index in [-0.39, 0.29) is 0 Å². The van der Waals surface area contributed by atoms with Gasteiger partial charge in [0.25, 0.3) is 0 Å². The maximum Gasteiger partial charge on any atom is 0.223 e. The van der Waals surface area contributed by atoms with Gasteiger partial charge in [0, 0.05) is 17.8 Å². The highest BCUT2D eigenvalue weighted by atomic mass is 16.5. The molecular formula is C16H21N3O. The molecule has 1 aromatic heterocycles. The van der Waals surface area contributed by atoms with Crippen LogP contribution in [0, 0.1) is 13.8 Å². The molecule has 1 heterocycles. The molecule has 0 saturated carbocycles. The second-order valence-electron chi connectivity index (χ2n) is 4.83. The SMILES string of the molecule is CCCNc1nc(C)cc(-c2ccc(OC)cc2C)n1. The summed E-state index contributed by atoms with van der Waals surface area (Å²) in [6.07, 6.45) is 1.05. The predicted octanol–water partition coefficient (Wildman–Crippen LogP) is 3.59. The van der Waals surface area contributed by atoms with Crippen LogP contribution in [-0.4, -0.2) is 23.6 Å². The van der Waals surface area contributed by atoms with Crippen LogP contribution in [-0.2, 0) is 0 Å². The van der Waals surface area contributed by atoms with Crippen molar-refractivity contribution in [3.8, 4) is 17.0 Å². The Kier molecular flexibility index (Phi) is 4.56. The van der Waals surface area contributed by atoms with Crippen molar-refractivity contribution in [2.45, 2.75) is 27.2 Å². The molecule has 0 aliphatic carbocycles. The molecule has 106 valence electrons. The monoisotopic (exact) mass is 271 g/mol. The third kappa shape index (κ3) is 3.26. The standard InChI is InChI=1S/C16H21N3O/c1-5-8-17-16-18-12(3)10-15(19-16)14-7-6-13(20-4)9-11(14)2/h6-7,9-10H,5,8H2,1-4H3,(H,17,18,19). The molecule has 4 nitrogen and oxygen atoms in total. The van der Waals surface area contributed by atoms with E-state index in [1.165, 1.54) is 0 Å². The van der Waals surface area contributed by atoms with Crippen LogP contribution in [0.1, 0.15) is 24.6 Å². The number of aromatic nitrogens is 2. The first-order valence-corrected chi connectivity index (χ1v) is 6.88. The molecule has 0 aliphatic heterocycles. The summed E-state index contributed by atoms with van der Waals surface area (Å²) in [6.45, 7) is 7.05. The average molecular weight is 271 g/mol. The van der Waals surface area contributed by atoms with E-state index in [2.05, 4.69) is 29.1 Å². The van der Waals surface area contributed by atoms with E-state index in [4.69, 9.17) is 4.74 Å². The zero-order valence-electron chi connectivity index (χ0n) is 12.5. The van der Waals surface area contributed by atoms with Crippen molar-refractivity contribution >= 4 is 5.95 Å². The smallest absolute Gasteiger partial charge is 0.223 e. The number of nitrogens with one attached hydrogen (secondary N) is 1. The van der Waals surface area contributed by atoms with Gasteiger partial charge >= 0.3 is 0 Å². The van der Waals surface area contributed by atoms with Gasteiger partial charge < -0.3 is 10.1 Å². The number of hydrogen-bond donors (Lipinski definition) is 1. The summed E-state index contributed by atoms with van der Waals surface area (Å²) < 4.78 is 5.24. The summed E-state index contributed by atoms with van der Waals surface area (Å²) in [6, 6.07) is 8.02. The van der Waals surface area contributed by atoms with Crippen LogP contribution < -0.4 is 10.1 Å². The van der Waals surface area contributed by atoms with Crippen LogP contribution in [0.5, 0.6) is 5.75 Å². The lowest BCUT2D eigenvalue weighted by Gasteiger charge is -2.10. The molecular weight excluding hydrogens is 250 g/mol. The number of hydrogen-bond acceptors (Lipinski definition) is 4. The van der Waals surface area contributed by atoms with Gasteiger partial charge in [-0.2, -0.15) is 0 Å². The van der Waals surface area contributed by atoms with Gasteiger partial charge in [0.05, 0.1) is 12.8 Å². The fraction of sp³-hybridized carbons (Fsp3) is 0.375. The Balaban J connectivity index is 2.39. The second kappa shape index (κ2) is 6.37. The fourth-order valence-electron chi connectivity index (χ4n) is 2.07. The molecule has 0 atom stereocenters. The zero-order valence-corrected chi connectivity index (χ0v) is 12.5. The molecule has 1 aromatic carbocycles. The van der Waals surface area contributed by atoms with E-state index in [0.29, 0.717) is 5.95 Å². The first-order valence-electron chi connectivity index (χ1n) is 6.88. The minimum atomic E-state index is 0.692. The number of benzene rings is 1. The summed E-state index contributed by atoms with van der Waals surface area (Å²) in [5.74, 6) is 1.55. The molecule has 0 spiro atoms. The van der Waals surface area contributed by atoms with Crippen LogP contribution in [0.4, 0.5) is 5.95 Å². The topological polar surface area (TPSA) is 47.0 Å². The average Bonchev–Trinajstić information content (AvgIpc) is 2.44. The minimum absolute atomic E-state index is 0.692. The first kappa shape index (κ1) is 14.3. The Hall–Kier alpha value is -2.10. The van der Waals surface area contributed by atoms with Crippen LogP contribution >= 0.6 is 0 Å². The lowest BCUT2D eigenvalue weighted by Crippen LogP contribution is -2.06. The van der Waals surface area contributed by atoms with Crippen molar-refractivity contribution in [2.75, 3.05) is 19.0 Å². The molecule has 0 amide bonds. The van der Waals surface area contributed by atoms with Gasteiger partial charge in [0.2, 0.25) is 5.95 Å². The fourth-order valence-corrected chi connectivity index (χ4v) is 2.07. The van der Waals surface area contributed by atoms with Crippen molar-refractivity contribution in [2.24, 2.45) is 0 Å². The van der Waals surface area contributed by atoms with Gasteiger partial charge in [-0.05, 0) is 50.1 Å². The summed E-state index contributed by atoms with van der Waals surface area (Å²) in [5, 5.41) is 3.24.